The third kappa shape index (κ3) is 4.64. The Kier molecular flexibility index (Phi) is 5.62. The molecule has 0 bridgehead atoms. The topological polar surface area (TPSA) is 85.0 Å². The lowest BCUT2D eigenvalue weighted by molar-refractivity contribution is 0.0690. The number of aromatic nitrogens is 1. The molecule has 0 saturated heterocycles. The lowest BCUT2D eigenvalue weighted by Crippen LogP contribution is -2.22. The number of aromatic carboxylic acids is 1. The Bertz CT molecular complexity index is 1050. The van der Waals surface area contributed by atoms with Crippen LogP contribution in [0.4, 0.5) is 0 Å². The van der Waals surface area contributed by atoms with Gasteiger partial charge >= 0.3 is 5.97 Å². The number of carboxylic acids is 1. The van der Waals surface area contributed by atoms with Gasteiger partial charge in [0.15, 0.2) is 17.2 Å². The largest absolute Gasteiger partial charge is 0.476 e. The van der Waals surface area contributed by atoms with Crippen LogP contribution in [0.2, 0.25) is 10.0 Å². The molecule has 4 rings (SSSR count). The number of ether oxygens (including phenoxy) is 2. The minimum Gasteiger partial charge on any atom is -0.476 e. The van der Waals surface area contributed by atoms with Gasteiger partial charge in [-0.3, -0.25) is 4.90 Å². The van der Waals surface area contributed by atoms with Crippen molar-refractivity contribution in [2.24, 2.45) is 0 Å². The number of fused-ring (bicyclic) bond motifs is 1. The van der Waals surface area contributed by atoms with Crippen LogP contribution in [0, 0.1) is 0 Å². The first-order valence-corrected chi connectivity index (χ1v) is 9.46. The van der Waals surface area contributed by atoms with E-state index in [1.807, 2.05) is 24.3 Å². The number of carboxylic acid groups (broad SMARTS) is 1. The number of benzene rings is 2. The monoisotopic (exact) mass is 434 g/mol. The number of hydrogen-bond donors (Lipinski definition) is 1. The summed E-state index contributed by atoms with van der Waals surface area (Å²) in [6, 6.07) is 11.2. The molecule has 9 heteroatoms. The van der Waals surface area contributed by atoms with Crippen LogP contribution in [0.1, 0.15) is 27.5 Å². The molecule has 0 unspecified atom stereocenters. The van der Waals surface area contributed by atoms with Crippen LogP contribution in [0.5, 0.6) is 11.5 Å². The number of nitrogens with zero attached hydrogens (tertiary/aromatic N) is 2. The summed E-state index contributed by atoms with van der Waals surface area (Å²) >= 11 is 12.2. The number of carbonyl (C=O) groups is 1. The summed E-state index contributed by atoms with van der Waals surface area (Å²) in [5.41, 5.74) is 1.82. The van der Waals surface area contributed by atoms with Crippen LogP contribution in [0.3, 0.4) is 0 Å². The summed E-state index contributed by atoms with van der Waals surface area (Å²) in [6.45, 7) is 1.58. The molecule has 1 aliphatic heterocycles. The van der Waals surface area contributed by atoms with Gasteiger partial charge in [-0.15, -0.1) is 0 Å². The maximum absolute atomic E-state index is 11.1. The molecule has 3 aromatic rings. The molecule has 1 aromatic heterocycles. The van der Waals surface area contributed by atoms with E-state index in [1.165, 1.54) is 0 Å². The Balaban J connectivity index is 1.56. The fraction of sp³-hybridized carbons (Fsp3) is 0.200. The fourth-order valence-corrected chi connectivity index (χ4v) is 3.36. The molecule has 1 aliphatic rings. The lowest BCUT2D eigenvalue weighted by atomic mass is 10.1. The van der Waals surface area contributed by atoms with E-state index in [9.17, 15) is 4.79 Å². The zero-order valence-electron chi connectivity index (χ0n) is 15.1. The lowest BCUT2D eigenvalue weighted by Gasteiger charge is -2.21. The molecule has 0 spiro atoms. The van der Waals surface area contributed by atoms with Crippen LogP contribution in [0.15, 0.2) is 47.1 Å². The third-order valence-electron chi connectivity index (χ3n) is 4.36. The average molecular weight is 435 g/mol. The van der Waals surface area contributed by atoms with Crippen molar-refractivity contribution in [3.05, 3.63) is 75.4 Å². The number of rotatable bonds is 7. The zero-order valence-corrected chi connectivity index (χ0v) is 16.6. The van der Waals surface area contributed by atoms with Crippen LogP contribution < -0.4 is 9.47 Å². The van der Waals surface area contributed by atoms with E-state index in [0.717, 1.165) is 17.4 Å². The zero-order chi connectivity index (χ0) is 20.4. The van der Waals surface area contributed by atoms with Crippen molar-refractivity contribution in [1.29, 1.82) is 0 Å². The smallest absolute Gasteiger partial charge is 0.357 e. The first-order valence-electron chi connectivity index (χ1n) is 8.70. The second-order valence-corrected chi connectivity index (χ2v) is 7.33. The molecule has 0 fully saturated rings. The minimum absolute atomic E-state index is 0.127. The van der Waals surface area contributed by atoms with Crippen LogP contribution in [-0.2, 0) is 19.6 Å². The molecule has 0 saturated carbocycles. The average Bonchev–Trinajstić information content (AvgIpc) is 3.33. The highest BCUT2D eigenvalue weighted by Gasteiger charge is 2.18. The normalized spacial score (nSPS) is 12.5. The van der Waals surface area contributed by atoms with Gasteiger partial charge < -0.3 is 19.0 Å². The molecule has 2 aromatic carbocycles. The van der Waals surface area contributed by atoms with Gasteiger partial charge in [0, 0.05) is 13.1 Å². The molecule has 0 amide bonds. The standard InChI is InChI=1S/C20H16Cl2N2O5/c21-14-3-1-12(5-15(14)22)7-24(9-19-23-16(10-27-19)20(25)26)8-13-2-4-17-18(6-13)29-11-28-17/h1-6,10H,7-9,11H2,(H,25,26). The van der Waals surface area contributed by atoms with Crippen molar-refractivity contribution in [3.63, 3.8) is 0 Å². The maximum Gasteiger partial charge on any atom is 0.357 e. The third-order valence-corrected chi connectivity index (χ3v) is 5.10. The van der Waals surface area contributed by atoms with Gasteiger partial charge in [0.1, 0.15) is 6.26 Å². The molecule has 0 radical (unpaired) electrons. The summed E-state index contributed by atoms with van der Waals surface area (Å²) < 4.78 is 16.1. The fourth-order valence-electron chi connectivity index (χ4n) is 3.03. The molecular formula is C20H16Cl2N2O5. The van der Waals surface area contributed by atoms with Gasteiger partial charge in [-0.25, -0.2) is 9.78 Å². The predicted octanol–water partition coefficient (Wildman–Crippen LogP) is 4.61. The quantitative estimate of drug-likeness (QED) is 0.580. The molecule has 1 N–H and O–H groups in total. The van der Waals surface area contributed by atoms with Crippen LogP contribution >= 0.6 is 23.2 Å². The van der Waals surface area contributed by atoms with Crippen LogP contribution in [0.25, 0.3) is 0 Å². The SMILES string of the molecule is O=C(O)c1coc(CN(Cc2ccc(Cl)c(Cl)c2)Cc2ccc3c(c2)OCO3)n1. The summed E-state index contributed by atoms with van der Waals surface area (Å²) in [5.74, 6) is 0.583. The Hall–Kier alpha value is -2.74. The highest BCUT2D eigenvalue weighted by atomic mass is 35.5. The van der Waals surface area contributed by atoms with Gasteiger partial charge in [-0.05, 0) is 35.4 Å². The van der Waals surface area contributed by atoms with Gasteiger partial charge in [-0.1, -0.05) is 35.3 Å². The van der Waals surface area contributed by atoms with Crippen molar-refractivity contribution in [2.45, 2.75) is 19.6 Å². The van der Waals surface area contributed by atoms with Gasteiger partial charge in [0.2, 0.25) is 12.7 Å². The molecule has 150 valence electrons. The van der Waals surface area contributed by atoms with E-state index in [-0.39, 0.29) is 12.5 Å². The first kappa shape index (κ1) is 19.6. The van der Waals surface area contributed by atoms with Crippen molar-refractivity contribution < 1.29 is 23.8 Å². The molecule has 0 atom stereocenters. The highest BCUT2D eigenvalue weighted by Crippen LogP contribution is 2.33. The van der Waals surface area contributed by atoms with Gasteiger partial charge in [0.25, 0.3) is 0 Å². The first-order chi connectivity index (χ1) is 14.0. The molecule has 0 aliphatic carbocycles. The van der Waals surface area contributed by atoms with Gasteiger partial charge in [0.05, 0.1) is 16.6 Å². The summed E-state index contributed by atoms with van der Waals surface area (Å²) in [6.07, 6.45) is 1.13. The minimum atomic E-state index is -1.13. The summed E-state index contributed by atoms with van der Waals surface area (Å²) in [5, 5.41) is 10.0. The number of halogens is 2. The summed E-state index contributed by atoms with van der Waals surface area (Å²) in [4.78, 5) is 17.1. The van der Waals surface area contributed by atoms with E-state index < -0.39 is 5.97 Å². The summed E-state index contributed by atoms with van der Waals surface area (Å²) in [7, 11) is 0. The van der Waals surface area contributed by atoms with E-state index in [4.69, 9.17) is 42.2 Å². The second kappa shape index (κ2) is 8.32. The highest BCUT2D eigenvalue weighted by molar-refractivity contribution is 6.42. The second-order valence-electron chi connectivity index (χ2n) is 6.51. The number of oxazole rings is 1. The Morgan fingerprint density at radius 1 is 1.00 bits per heavy atom. The predicted molar refractivity (Wildman–Crippen MR) is 105 cm³/mol. The molecule has 2 heterocycles. The maximum atomic E-state index is 11.1. The van der Waals surface area contributed by atoms with Crippen molar-refractivity contribution in [3.8, 4) is 11.5 Å². The molecule has 7 nitrogen and oxygen atoms in total. The van der Waals surface area contributed by atoms with E-state index in [0.29, 0.717) is 47.1 Å². The Morgan fingerprint density at radius 3 is 2.45 bits per heavy atom. The Morgan fingerprint density at radius 2 is 1.72 bits per heavy atom. The van der Waals surface area contributed by atoms with Crippen molar-refractivity contribution >= 4 is 29.2 Å². The molecule has 29 heavy (non-hydrogen) atoms. The van der Waals surface area contributed by atoms with Gasteiger partial charge in [-0.2, -0.15) is 0 Å². The van der Waals surface area contributed by atoms with Crippen molar-refractivity contribution in [2.75, 3.05) is 6.79 Å². The number of hydrogen-bond acceptors (Lipinski definition) is 6. The Labute approximate surface area is 176 Å². The molecular weight excluding hydrogens is 419 g/mol. The van der Waals surface area contributed by atoms with Crippen LogP contribution in [-0.4, -0.2) is 27.8 Å². The van der Waals surface area contributed by atoms with E-state index in [1.54, 1.807) is 12.1 Å². The van der Waals surface area contributed by atoms with E-state index in [2.05, 4.69) is 9.88 Å². The van der Waals surface area contributed by atoms with E-state index >= 15 is 0 Å². The van der Waals surface area contributed by atoms with Crippen molar-refractivity contribution in [1.82, 2.24) is 9.88 Å².